The molecule has 1 amide bonds. The van der Waals surface area contributed by atoms with Gasteiger partial charge in [0.15, 0.2) is 0 Å². The smallest absolute Gasteiger partial charge is 0.264 e. The lowest BCUT2D eigenvalue weighted by molar-refractivity contribution is 0.102. The van der Waals surface area contributed by atoms with Crippen molar-refractivity contribution >= 4 is 38.9 Å². The fourth-order valence-electron chi connectivity index (χ4n) is 3.84. The van der Waals surface area contributed by atoms with E-state index < -0.39 is 10.0 Å². The van der Waals surface area contributed by atoms with E-state index in [0.29, 0.717) is 41.6 Å². The van der Waals surface area contributed by atoms with Crippen LogP contribution in [0.1, 0.15) is 47.7 Å². The molecule has 7 heteroatoms. The molecule has 1 aliphatic rings. The average Bonchev–Trinajstić information content (AvgIpc) is 2.79. The molecule has 3 aromatic carbocycles. The monoisotopic (exact) mass is 468 g/mol. The van der Waals surface area contributed by atoms with E-state index in [2.05, 4.69) is 19.2 Å². The van der Waals surface area contributed by atoms with Crippen LogP contribution < -0.4 is 9.62 Å². The van der Waals surface area contributed by atoms with Gasteiger partial charge in [-0.15, -0.1) is 0 Å². The Balaban J connectivity index is 1.57. The summed E-state index contributed by atoms with van der Waals surface area (Å²) in [6, 6.07) is 19.1. The number of hydrogen-bond donors (Lipinski definition) is 1. The Bertz CT molecular complexity index is 1240. The van der Waals surface area contributed by atoms with Gasteiger partial charge in [-0.1, -0.05) is 37.6 Å². The standard InChI is InChI=1S/C25H25ClN2O3S/c1-17(2)18-5-10-22(11-6-18)27-25(29)20-7-14-24-19(16-20)4-3-15-28(24)32(30,31)23-12-8-21(26)9-13-23/h5-14,16-17H,3-4,15H2,1-2H3,(H,27,29). The predicted octanol–water partition coefficient (Wildman–Crippen LogP) is 5.86. The number of hydrogen-bond acceptors (Lipinski definition) is 3. The second-order valence-electron chi connectivity index (χ2n) is 8.21. The second-order valence-corrected chi connectivity index (χ2v) is 10.5. The summed E-state index contributed by atoms with van der Waals surface area (Å²) in [7, 11) is -3.71. The van der Waals surface area contributed by atoms with Crippen molar-refractivity contribution in [3.05, 3.63) is 88.4 Å². The number of anilines is 2. The van der Waals surface area contributed by atoms with Crippen LogP contribution in [-0.4, -0.2) is 20.9 Å². The molecule has 0 saturated carbocycles. The third kappa shape index (κ3) is 4.52. The Labute approximate surface area is 194 Å². The maximum Gasteiger partial charge on any atom is 0.264 e. The van der Waals surface area contributed by atoms with Gasteiger partial charge in [0, 0.05) is 22.8 Å². The zero-order valence-electron chi connectivity index (χ0n) is 18.0. The maximum atomic E-state index is 13.2. The van der Waals surface area contributed by atoms with Crippen LogP contribution in [0.4, 0.5) is 11.4 Å². The van der Waals surface area contributed by atoms with Gasteiger partial charge in [0.25, 0.3) is 15.9 Å². The Morgan fingerprint density at radius 2 is 1.69 bits per heavy atom. The molecule has 1 heterocycles. The minimum absolute atomic E-state index is 0.196. The first-order valence-corrected chi connectivity index (χ1v) is 12.4. The van der Waals surface area contributed by atoms with Gasteiger partial charge in [-0.3, -0.25) is 9.10 Å². The number of sulfonamides is 1. The Hall–Kier alpha value is -2.83. The van der Waals surface area contributed by atoms with Gasteiger partial charge in [-0.05, 0) is 84.5 Å². The lowest BCUT2D eigenvalue weighted by atomic mass is 10.0. The Morgan fingerprint density at radius 3 is 2.34 bits per heavy atom. The summed E-state index contributed by atoms with van der Waals surface area (Å²) in [5, 5.41) is 3.40. The van der Waals surface area contributed by atoms with Crippen LogP contribution in [-0.2, 0) is 16.4 Å². The number of benzene rings is 3. The molecule has 0 unspecified atom stereocenters. The zero-order chi connectivity index (χ0) is 22.9. The molecule has 0 aromatic heterocycles. The first kappa shape index (κ1) is 22.4. The largest absolute Gasteiger partial charge is 0.322 e. The fraction of sp³-hybridized carbons (Fsp3) is 0.240. The average molecular weight is 469 g/mol. The molecular formula is C25H25ClN2O3S. The lowest BCUT2D eigenvalue weighted by Crippen LogP contribution is -2.35. The van der Waals surface area contributed by atoms with Gasteiger partial charge in [0.1, 0.15) is 0 Å². The molecule has 0 fully saturated rings. The number of fused-ring (bicyclic) bond motifs is 1. The zero-order valence-corrected chi connectivity index (χ0v) is 19.6. The van der Waals surface area contributed by atoms with Crippen LogP contribution in [0.5, 0.6) is 0 Å². The van der Waals surface area contributed by atoms with Crippen LogP contribution >= 0.6 is 11.6 Å². The minimum Gasteiger partial charge on any atom is -0.322 e. The normalized spacial score (nSPS) is 13.7. The molecule has 0 radical (unpaired) electrons. The fourth-order valence-corrected chi connectivity index (χ4v) is 5.51. The van der Waals surface area contributed by atoms with E-state index in [4.69, 9.17) is 11.6 Å². The third-order valence-electron chi connectivity index (χ3n) is 5.65. The Morgan fingerprint density at radius 1 is 1.00 bits per heavy atom. The lowest BCUT2D eigenvalue weighted by Gasteiger charge is -2.30. The van der Waals surface area contributed by atoms with Gasteiger partial charge in [-0.2, -0.15) is 0 Å². The summed E-state index contributed by atoms with van der Waals surface area (Å²) >= 11 is 5.91. The van der Waals surface area contributed by atoms with E-state index in [1.54, 1.807) is 30.3 Å². The molecule has 1 N–H and O–H groups in total. The second kappa shape index (κ2) is 8.96. The number of rotatable bonds is 5. The summed E-state index contributed by atoms with van der Waals surface area (Å²) in [5.41, 5.74) is 3.89. The number of carbonyl (C=O) groups excluding carboxylic acids is 1. The molecule has 0 aliphatic carbocycles. The first-order valence-electron chi connectivity index (χ1n) is 10.6. The number of nitrogens with one attached hydrogen (secondary N) is 1. The van der Waals surface area contributed by atoms with Crippen molar-refractivity contribution in [3.63, 3.8) is 0 Å². The molecule has 0 atom stereocenters. The van der Waals surface area contributed by atoms with Gasteiger partial charge in [0.05, 0.1) is 10.6 Å². The molecule has 4 rings (SSSR count). The van der Waals surface area contributed by atoms with Gasteiger partial charge in [-0.25, -0.2) is 8.42 Å². The van der Waals surface area contributed by atoms with E-state index in [0.717, 1.165) is 11.3 Å². The summed E-state index contributed by atoms with van der Waals surface area (Å²) < 4.78 is 27.8. The summed E-state index contributed by atoms with van der Waals surface area (Å²) in [4.78, 5) is 13.0. The van der Waals surface area contributed by atoms with Crippen molar-refractivity contribution in [1.82, 2.24) is 0 Å². The van der Waals surface area contributed by atoms with Gasteiger partial charge >= 0.3 is 0 Å². The molecule has 3 aromatic rings. The molecule has 166 valence electrons. The van der Waals surface area contributed by atoms with Crippen LogP contribution in [0.25, 0.3) is 0 Å². The molecule has 32 heavy (non-hydrogen) atoms. The Kier molecular flexibility index (Phi) is 6.26. The molecule has 0 saturated heterocycles. The molecule has 1 aliphatic heterocycles. The topological polar surface area (TPSA) is 66.5 Å². The van der Waals surface area contributed by atoms with Crippen LogP contribution in [0, 0.1) is 0 Å². The van der Waals surface area contributed by atoms with E-state index in [1.807, 2.05) is 24.3 Å². The van der Waals surface area contributed by atoms with E-state index in [1.165, 1.54) is 22.0 Å². The van der Waals surface area contributed by atoms with E-state index in [9.17, 15) is 13.2 Å². The van der Waals surface area contributed by atoms with Crippen molar-refractivity contribution in [2.45, 2.75) is 37.5 Å². The van der Waals surface area contributed by atoms with Gasteiger partial charge in [0.2, 0.25) is 0 Å². The predicted molar refractivity (Wildman–Crippen MR) is 129 cm³/mol. The third-order valence-corrected chi connectivity index (χ3v) is 7.73. The van der Waals surface area contributed by atoms with Crippen LogP contribution in [0.2, 0.25) is 5.02 Å². The maximum absolute atomic E-state index is 13.2. The van der Waals surface area contributed by atoms with E-state index >= 15 is 0 Å². The van der Waals surface area contributed by atoms with Gasteiger partial charge < -0.3 is 5.32 Å². The number of halogens is 1. The van der Waals surface area contributed by atoms with Crippen molar-refractivity contribution in [3.8, 4) is 0 Å². The molecular weight excluding hydrogens is 444 g/mol. The number of aryl methyl sites for hydroxylation is 1. The van der Waals surface area contributed by atoms with Crippen molar-refractivity contribution in [1.29, 1.82) is 0 Å². The molecule has 0 bridgehead atoms. The molecule has 5 nitrogen and oxygen atoms in total. The van der Waals surface area contributed by atoms with Crippen LogP contribution in [0.15, 0.2) is 71.6 Å². The van der Waals surface area contributed by atoms with Crippen molar-refractivity contribution in [2.75, 3.05) is 16.2 Å². The van der Waals surface area contributed by atoms with Crippen molar-refractivity contribution in [2.24, 2.45) is 0 Å². The SMILES string of the molecule is CC(C)c1ccc(NC(=O)c2ccc3c(c2)CCCN3S(=O)(=O)c2ccc(Cl)cc2)cc1. The first-order chi connectivity index (χ1) is 15.3. The van der Waals surface area contributed by atoms with Crippen LogP contribution in [0.3, 0.4) is 0 Å². The minimum atomic E-state index is -3.71. The number of amides is 1. The highest BCUT2D eigenvalue weighted by Crippen LogP contribution is 2.33. The highest BCUT2D eigenvalue weighted by molar-refractivity contribution is 7.92. The number of nitrogens with zero attached hydrogens (tertiary/aromatic N) is 1. The highest BCUT2D eigenvalue weighted by Gasteiger charge is 2.29. The summed E-state index contributed by atoms with van der Waals surface area (Å²) in [6.07, 6.45) is 1.40. The van der Waals surface area contributed by atoms with E-state index in [-0.39, 0.29) is 10.8 Å². The molecule has 0 spiro atoms. The summed E-state index contributed by atoms with van der Waals surface area (Å²) in [6.45, 7) is 4.64. The quantitative estimate of drug-likeness (QED) is 0.510. The highest BCUT2D eigenvalue weighted by atomic mass is 35.5. The van der Waals surface area contributed by atoms with Crippen molar-refractivity contribution < 1.29 is 13.2 Å². The summed E-state index contributed by atoms with van der Waals surface area (Å²) in [5.74, 6) is 0.204. The number of carbonyl (C=O) groups is 1.